The Labute approximate surface area is 141 Å². The van der Waals surface area contributed by atoms with E-state index in [1.54, 1.807) is 23.1 Å². The number of nitrogens with two attached hydrogens (primary N) is 1. The normalized spacial score (nSPS) is 17.8. The van der Waals surface area contributed by atoms with E-state index in [2.05, 4.69) is 0 Å². The van der Waals surface area contributed by atoms with Crippen molar-refractivity contribution in [3.8, 4) is 11.5 Å². The number of hydrogen-bond acceptors (Lipinski definition) is 5. The highest BCUT2D eigenvalue weighted by molar-refractivity contribution is 5.95. The molecule has 24 heavy (non-hydrogen) atoms. The average Bonchev–Trinajstić information content (AvgIpc) is 3.06. The molecule has 1 fully saturated rings. The van der Waals surface area contributed by atoms with Gasteiger partial charge in [-0.25, -0.2) is 0 Å². The summed E-state index contributed by atoms with van der Waals surface area (Å²) in [6.45, 7) is 4.29. The summed E-state index contributed by atoms with van der Waals surface area (Å²) in [4.78, 5) is 28.3. The van der Waals surface area contributed by atoms with Crippen molar-refractivity contribution in [2.24, 2.45) is 5.73 Å². The summed E-state index contributed by atoms with van der Waals surface area (Å²) in [6.07, 6.45) is 1.16. The van der Waals surface area contributed by atoms with Crippen LogP contribution >= 0.6 is 0 Å². The molecule has 0 spiro atoms. The van der Waals surface area contributed by atoms with E-state index in [-0.39, 0.29) is 24.6 Å². The zero-order valence-corrected chi connectivity index (χ0v) is 13.9. The van der Waals surface area contributed by atoms with Crippen LogP contribution < -0.4 is 15.2 Å². The lowest BCUT2D eigenvalue weighted by atomic mass is 10.1. The van der Waals surface area contributed by atoms with Gasteiger partial charge in [0.2, 0.25) is 12.7 Å². The van der Waals surface area contributed by atoms with Crippen LogP contribution in [0.4, 0.5) is 0 Å². The molecule has 0 aromatic heterocycles. The molecule has 0 bridgehead atoms. The minimum Gasteiger partial charge on any atom is -0.454 e. The van der Waals surface area contributed by atoms with Gasteiger partial charge in [0.05, 0.1) is 0 Å². The monoisotopic (exact) mass is 333 g/mol. The fraction of sp³-hybridized carbons (Fsp3) is 0.529. The highest BCUT2D eigenvalue weighted by Crippen LogP contribution is 2.32. The fourth-order valence-corrected chi connectivity index (χ4v) is 2.88. The van der Waals surface area contributed by atoms with Crippen molar-refractivity contribution < 1.29 is 19.1 Å². The minimum atomic E-state index is -0.0454. The van der Waals surface area contributed by atoms with Crippen LogP contribution in [0.2, 0.25) is 0 Å². The Bertz CT molecular complexity index is 624. The number of rotatable bonds is 4. The largest absolute Gasteiger partial charge is 0.454 e. The molecule has 130 valence electrons. The smallest absolute Gasteiger partial charge is 0.254 e. The SMILES string of the molecule is CC(N)CCC(=O)N1CCN(C(=O)c2ccc3c(c2)OCO3)CC1. The summed E-state index contributed by atoms with van der Waals surface area (Å²) >= 11 is 0. The summed E-state index contributed by atoms with van der Waals surface area (Å²) in [5.74, 6) is 1.33. The van der Waals surface area contributed by atoms with Crippen LogP contribution in [-0.2, 0) is 4.79 Å². The van der Waals surface area contributed by atoms with Crippen LogP contribution in [-0.4, -0.2) is 60.6 Å². The summed E-state index contributed by atoms with van der Waals surface area (Å²) in [5.41, 5.74) is 6.27. The highest BCUT2D eigenvalue weighted by atomic mass is 16.7. The molecule has 2 aliphatic heterocycles. The van der Waals surface area contributed by atoms with Crippen molar-refractivity contribution in [2.75, 3.05) is 33.0 Å². The predicted molar refractivity (Wildman–Crippen MR) is 87.9 cm³/mol. The van der Waals surface area contributed by atoms with E-state index in [1.165, 1.54) is 0 Å². The zero-order valence-electron chi connectivity index (χ0n) is 13.9. The quantitative estimate of drug-likeness (QED) is 0.882. The van der Waals surface area contributed by atoms with Gasteiger partial charge in [-0.1, -0.05) is 0 Å². The maximum atomic E-state index is 12.6. The van der Waals surface area contributed by atoms with Gasteiger partial charge in [-0.3, -0.25) is 9.59 Å². The van der Waals surface area contributed by atoms with Crippen LogP contribution in [0.5, 0.6) is 11.5 Å². The third-order valence-electron chi connectivity index (χ3n) is 4.35. The molecule has 1 saturated heterocycles. The number of hydrogen-bond donors (Lipinski definition) is 1. The number of fused-ring (bicyclic) bond motifs is 1. The molecule has 2 aliphatic rings. The molecule has 1 atom stereocenters. The van der Waals surface area contributed by atoms with E-state index in [9.17, 15) is 9.59 Å². The van der Waals surface area contributed by atoms with E-state index in [1.807, 2.05) is 11.8 Å². The fourth-order valence-electron chi connectivity index (χ4n) is 2.88. The molecule has 0 aliphatic carbocycles. The van der Waals surface area contributed by atoms with Crippen molar-refractivity contribution in [2.45, 2.75) is 25.8 Å². The van der Waals surface area contributed by atoms with Gasteiger partial charge in [0.15, 0.2) is 11.5 Å². The van der Waals surface area contributed by atoms with Crippen LogP contribution in [0.15, 0.2) is 18.2 Å². The molecular weight excluding hydrogens is 310 g/mol. The Morgan fingerprint density at radius 2 is 1.79 bits per heavy atom. The van der Waals surface area contributed by atoms with Gasteiger partial charge in [0, 0.05) is 44.2 Å². The Kier molecular flexibility index (Phi) is 4.89. The molecule has 0 saturated carbocycles. The van der Waals surface area contributed by atoms with Crippen molar-refractivity contribution in [3.63, 3.8) is 0 Å². The standard InChI is InChI=1S/C17H23N3O4/c1-12(18)2-5-16(21)19-6-8-20(9-7-19)17(22)13-3-4-14-15(10-13)24-11-23-14/h3-4,10,12H,2,5-9,11,18H2,1H3. The molecule has 0 radical (unpaired) electrons. The van der Waals surface area contributed by atoms with Gasteiger partial charge < -0.3 is 25.0 Å². The maximum absolute atomic E-state index is 12.6. The van der Waals surface area contributed by atoms with Gasteiger partial charge in [0.1, 0.15) is 0 Å². The van der Waals surface area contributed by atoms with Crippen LogP contribution in [0.1, 0.15) is 30.1 Å². The van der Waals surface area contributed by atoms with Crippen molar-refractivity contribution >= 4 is 11.8 Å². The van der Waals surface area contributed by atoms with Gasteiger partial charge in [0.25, 0.3) is 5.91 Å². The molecule has 2 N–H and O–H groups in total. The minimum absolute atomic E-state index is 0.0304. The Balaban J connectivity index is 1.54. The van der Waals surface area contributed by atoms with Gasteiger partial charge in [-0.2, -0.15) is 0 Å². The second kappa shape index (κ2) is 7.09. The maximum Gasteiger partial charge on any atom is 0.254 e. The number of nitrogens with zero attached hydrogens (tertiary/aromatic N) is 2. The Morgan fingerprint density at radius 1 is 1.12 bits per heavy atom. The molecule has 1 aromatic rings. The lowest BCUT2D eigenvalue weighted by molar-refractivity contribution is -0.132. The Hall–Kier alpha value is -2.28. The molecule has 2 amide bonds. The van der Waals surface area contributed by atoms with E-state index in [0.717, 1.165) is 0 Å². The number of carbonyl (C=O) groups is 2. The number of benzene rings is 1. The molecular formula is C17H23N3O4. The van der Waals surface area contributed by atoms with Crippen LogP contribution in [0, 0.1) is 0 Å². The van der Waals surface area contributed by atoms with Crippen molar-refractivity contribution in [1.82, 2.24) is 9.80 Å². The van der Waals surface area contributed by atoms with Crippen LogP contribution in [0.3, 0.4) is 0 Å². The summed E-state index contributed by atoms with van der Waals surface area (Å²) in [6, 6.07) is 5.24. The lowest BCUT2D eigenvalue weighted by Gasteiger charge is -2.35. The first-order chi connectivity index (χ1) is 11.5. The number of ether oxygens (including phenoxy) is 2. The molecule has 1 aromatic carbocycles. The molecule has 7 heteroatoms. The number of carbonyl (C=O) groups excluding carboxylic acids is 2. The molecule has 3 rings (SSSR count). The Morgan fingerprint density at radius 3 is 2.50 bits per heavy atom. The van der Waals surface area contributed by atoms with Crippen molar-refractivity contribution in [3.05, 3.63) is 23.8 Å². The first-order valence-corrected chi connectivity index (χ1v) is 8.27. The average molecular weight is 333 g/mol. The third kappa shape index (κ3) is 3.62. The third-order valence-corrected chi connectivity index (χ3v) is 4.35. The van der Waals surface area contributed by atoms with E-state index >= 15 is 0 Å². The number of piperazine rings is 1. The first kappa shape index (κ1) is 16.6. The zero-order chi connectivity index (χ0) is 17.1. The van der Waals surface area contributed by atoms with Gasteiger partial charge >= 0.3 is 0 Å². The molecule has 2 heterocycles. The summed E-state index contributed by atoms with van der Waals surface area (Å²) < 4.78 is 10.6. The van der Waals surface area contributed by atoms with Crippen LogP contribution in [0.25, 0.3) is 0 Å². The van der Waals surface area contributed by atoms with E-state index < -0.39 is 0 Å². The van der Waals surface area contributed by atoms with Gasteiger partial charge in [-0.15, -0.1) is 0 Å². The second-order valence-electron chi connectivity index (χ2n) is 6.26. The molecule has 7 nitrogen and oxygen atoms in total. The van der Waals surface area contributed by atoms with Crippen molar-refractivity contribution in [1.29, 1.82) is 0 Å². The van der Waals surface area contributed by atoms with E-state index in [0.29, 0.717) is 56.1 Å². The predicted octanol–water partition coefficient (Wildman–Crippen LogP) is 0.827. The second-order valence-corrected chi connectivity index (χ2v) is 6.26. The van der Waals surface area contributed by atoms with E-state index in [4.69, 9.17) is 15.2 Å². The highest BCUT2D eigenvalue weighted by Gasteiger charge is 2.26. The lowest BCUT2D eigenvalue weighted by Crippen LogP contribution is -2.50. The number of amides is 2. The van der Waals surface area contributed by atoms with Gasteiger partial charge in [-0.05, 0) is 31.5 Å². The summed E-state index contributed by atoms with van der Waals surface area (Å²) in [5, 5.41) is 0. The topological polar surface area (TPSA) is 85.1 Å². The first-order valence-electron chi connectivity index (χ1n) is 8.27. The summed E-state index contributed by atoms with van der Waals surface area (Å²) in [7, 11) is 0. The molecule has 1 unspecified atom stereocenters.